The predicted molar refractivity (Wildman–Crippen MR) is 74.4 cm³/mol. The standard InChI is InChI=1S/C16H14N2/c1-2-12-5-3-6-13-9-16(18-11-15(12)13)14-7-4-8-17-10-14/h3-11H,2H2,1H3. The fraction of sp³-hybridized carbons (Fsp3) is 0.125. The second-order valence-electron chi connectivity index (χ2n) is 4.30. The van der Waals surface area contributed by atoms with E-state index in [0.29, 0.717) is 0 Å². The smallest absolute Gasteiger partial charge is 0.0723 e. The van der Waals surface area contributed by atoms with Gasteiger partial charge >= 0.3 is 0 Å². The van der Waals surface area contributed by atoms with Crippen LogP contribution in [0.3, 0.4) is 0 Å². The van der Waals surface area contributed by atoms with Gasteiger partial charge in [0.05, 0.1) is 5.69 Å². The first kappa shape index (κ1) is 10.9. The first-order valence-corrected chi connectivity index (χ1v) is 6.16. The molecule has 2 aromatic heterocycles. The monoisotopic (exact) mass is 234 g/mol. The zero-order valence-corrected chi connectivity index (χ0v) is 10.3. The van der Waals surface area contributed by atoms with E-state index < -0.39 is 0 Å². The van der Waals surface area contributed by atoms with Crippen LogP contribution in [0, 0.1) is 0 Å². The number of nitrogens with zero attached hydrogens (tertiary/aromatic N) is 2. The molecule has 0 N–H and O–H groups in total. The molecule has 0 aliphatic carbocycles. The van der Waals surface area contributed by atoms with E-state index in [1.165, 1.54) is 16.3 Å². The second kappa shape index (κ2) is 4.57. The highest BCUT2D eigenvalue weighted by atomic mass is 14.7. The minimum atomic E-state index is 0.976. The van der Waals surface area contributed by atoms with Crippen molar-refractivity contribution in [3.05, 3.63) is 60.6 Å². The van der Waals surface area contributed by atoms with Crippen LogP contribution >= 0.6 is 0 Å². The number of hydrogen-bond donors (Lipinski definition) is 0. The van der Waals surface area contributed by atoms with E-state index >= 15 is 0 Å². The first-order valence-electron chi connectivity index (χ1n) is 6.16. The van der Waals surface area contributed by atoms with E-state index in [1.54, 1.807) is 6.20 Å². The van der Waals surface area contributed by atoms with Gasteiger partial charge in [0, 0.05) is 29.5 Å². The van der Waals surface area contributed by atoms with Crippen LogP contribution in [0.5, 0.6) is 0 Å². The molecule has 0 spiro atoms. The molecule has 0 saturated heterocycles. The van der Waals surface area contributed by atoms with Crippen molar-refractivity contribution < 1.29 is 0 Å². The van der Waals surface area contributed by atoms with Crippen molar-refractivity contribution in [2.75, 3.05) is 0 Å². The zero-order valence-electron chi connectivity index (χ0n) is 10.3. The summed E-state index contributed by atoms with van der Waals surface area (Å²) in [6.07, 6.45) is 6.62. The molecule has 3 aromatic rings. The van der Waals surface area contributed by atoms with Crippen molar-refractivity contribution in [3.8, 4) is 11.3 Å². The molecule has 0 amide bonds. The molecule has 0 unspecified atom stereocenters. The lowest BCUT2D eigenvalue weighted by Gasteiger charge is -2.06. The van der Waals surface area contributed by atoms with E-state index in [2.05, 4.69) is 41.2 Å². The maximum Gasteiger partial charge on any atom is 0.0723 e. The third-order valence-electron chi connectivity index (χ3n) is 3.19. The lowest BCUT2D eigenvalue weighted by Crippen LogP contribution is -1.88. The van der Waals surface area contributed by atoms with Crippen LogP contribution in [0.4, 0.5) is 0 Å². The molecule has 2 heteroatoms. The van der Waals surface area contributed by atoms with E-state index in [9.17, 15) is 0 Å². The molecule has 0 aliphatic heterocycles. The fourth-order valence-electron chi connectivity index (χ4n) is 2.22. The number of aryl methyl sites for hydroxylation is 1. The van der Waals surface area contributed by atoms with Gasteiger partial charge in [0.15, 0.2) is 0 Å². The summed E-state index contributed by atoms with van der Waals surface area (Å²) in [5.41, 5.74) is 3.38. The van der Waals surface area contributed by atoms with Gasteiger partial charge in [-0.1, -0.05) is 25.1 Å². The maximum absolute atomic E-state index is 4.55. The maximum atomic E-state index is 4.55. The number of pyridine rings is 2. The molecule has 0 bridgehead atoms. The molecule has 0 aliphatic rings. The van der Waals surface area contributed by atoms with Crippen LogP contribution in [-0.4, -0.2) is 9.97 Å². The molecule has 2 nitrogen and oxygen atoms in total. The summed E-state index contributed by atoms with van der Waals surface area (Å²) in [5, 5.41) is 2.48. The highest BCUT2D eigenvalue weighted by Crippen LogP contribution is 2.23. The van der Waals surface area contributed by atoms with Gasteiger partial charge in [-0.05, 0) is 35.6 Å². The van der Waals surface area contributed by atoms with E-state index in [-0.39, 0.29) is 0 Å². The largest absolute Gasteiger partial charge is 0.264 e. The van der Waals surface area contributed by atoms with Gasteiger partial charge in [-0.15, -0.1) is 0 Å². The Morgan fingerprint density at radius 3 is 2.78 bits per heavy atom. The SMILES string of the molecule is CCc1cccc2cc(-c3cccnc3)ncc12. The van der Waals surface area contributed by atoms with Crippen molar-refractivity contribution in [2.24, 2.45) is 0 Å². The Hall–Kier alpha value is -2.22. The van der Waals surface area contributed by atoms with Crippen molar-refractivity contribution in [1.29, 1.82) is 0 Å². The highest BCUT2D eigenvalue weighted by molar-refractivity contribution is 5.87. The summed E-state index contributed by atoms with van der Waals surface area (Å²) in [6.45, 7) is 2.17. The lowest BCUT2D eigenvalue weighted by atomic mass is 10.0. The average Bonchev–Trinajstić information content (AvgIpc) is 2.47. The molecular weight excluding hydrogens is 220 g/mol. The molecule has 0 atom stereocenters. The number of aromatic nitrogens is 2. The molecule has 1 aromatic carbocycles. The molecular formula is C16H14N2. The quantitative estimate of drug-likeness (QED) is 0.673. The summed E-state index contributed by atoms with van der Waals surface area (Å²) in [4.78, 5) is 8.68. The molecule has 0 fully saturated rings. The van der Waals surface area contributed by atoms with Gasteiger partial charge in [-0.3, -0.25) is 9.97 Å². The van der Waals surface area contributed by atoms with Crippen molar-refractivity contribution >= 4 is 10.8 Å². The van der Waals surface area contributed by atoms with Crippen molar-refractivity contribution in [1.82, 2.24) is 9.97 Å². The van der Waals surface area contributed by atoms with Gasteiger partial charge in [-0.2, -0.15) is 0 Å². The van der Waals surface area contributed by atoms with Crippen LogP contribution in [0.2, 0.25) is 0 Å². The number of hydrogen-bond acceptors (Lipinski definition) is 2. The van der Waals surface area contributed by atoms with Gasteiger partial charge in [-0.25, -0.2) is 0 Å². The van der Waals surface area contributed by atoms with Crippen LogP contribution in [-0.2, 0) is 6.42 Å². The summed E-state index contributed by atoms with van der Waals surface area (Å²) in [5.74, 6) is 0. The number of benzene rings is 1. The van der Waals surface area contributed by atoms with E-state index in [0.717, 1.165) is 17.7 Å². The van der Waals surface area contributed by atoms with Crippen LogP contribution in [0.1, 0.15) is 12.5 Å². The minimum absolute atomic E-state index is 0.976. The molecule has 2 heterocycles. The molecule has 3 rings (SSSR count). The van der Waals surface area contributed by atoms with Gasteiger partial charge in [0.2, 0.25) is 0 Å². The summed E-state index contributed by atoms with van der Waals surface area (Å²) >= 11 is 0. The predicted octanol–water partition coefficient (Wildman–Crippen LogP) is 3.86. The van der Waals surface area contributed by atoms with Gasteiger partial charge < -0.3 is 0 Å². The zero-order chi connectivity index (χ0) is 12.4. The fourth-order valence-corrected chi connectivity index (χ4v) is 2.22. The Balaban J connectivity index is 2.18. The number of fused-ring (bicyclic) bond motifs is 1. The third kappa shape index (κ3) is 1.86. The normalized spacial score (nSPS) is 10.7. The highest BCUT2D eigenvalue weighted by Gasteiger charge is 2.03. The Kier molecular flexibility index (Phi) is 2.77. The number of rotatable bonds is 2. The minimum Gasteiger partial charge on any atom is -0.264 e. The lowest BCUT2D eigenvalue weighted by molar-refractivity contribution is 1.15. The van der Waals surface area contributed by atoms with Gasteiger partial charge in [0.1, 0.15) is 0 Å². The Morgan fingerprint density at radius 2 is 2.00 bits per heavy atom. The molecule has 88 valence electrons. The average molecular weight is 234 g/mol. The third-order valence-corrected chi connectivity index (χ3v) is 3.19. The van der Waals surface area contributed by atoms with Crippen molar-refractivity contribution in [3.63, 3.8) is 0 Å². The van der Waals surface area contributed by atoms with Gasteiger partial charge in [0.25, 0.3) is 0 Å². The Labute approximate surface area is 106 Å². The van der Waals surface area contributed by atoms with E-state index in [4.69, 9.17) is 0 Å². The van der Waals surface area contributed by atoms with Crippen LogP contribution in [0.15, 0.2) is 55.0 Å². The van der Waals surface area contributed by atoms with Crippen LogP contribution in [0.25, 0.3) is 22.0 Å². The molecule has 0 saturated carbocycles. The topological polar surface area (TPSA) is 25.8 Å². The summed E-state index contributed by atoms with van der Waals surface area (Å²) in [7, 11) is 0. The van der Waals surface area contributed by atoms with E-state index in [1.807, 2.05) is 24.5 Å². The molecule has 18 heavy (non-hydrogen) atoms. The Bertz CT molecular complexity index is 675. The molecule has 0 radical (unpaired) electrons. The van der Waals surface area contributed by atoms with Crippen LogP contribution < -0.4 is 0 Å². The Morgan fingerprint density at radius 1 is 1.06 bits per heavy atom. The summed E-state index contributed by atoms with van der Waals surface area (Å²) in [6, 6.07) is 12.5. The second-order valence-corrected chi connectivity index (χ2v) is 4.30. The van der Waals surface area contributed by atoms with Crippen molar-refractivity contribution in [2.45, 2.75) is 13.3 Å². The summed E-state index contributed by atoms with van der Waals surface area (Å²) < 4.78 is 0. The first-order chi connectivity index (χ1) is 8.88.